The maximum atomic E-state index is 13.5. The van der Waals surface area contributed by atoms with Crippen molar-refractivity contribution >= 4 is 29.1 Å². The number of methoxy groups -OCH3 is 1. The van der Waals surface area contributed by atoms with Crippen LogP contribution in [0.25, 0.3) is 0 Å². The van der Waals surface area contributed by atoms with Gasteiger partial charge in [-0.25, -0.2) is 0 Å². The number of fused-ring (bicyclic) bond motifs is 1. The second-order valence-corrected chi connectivity index (χ2v) is 8.72. The summed E-state index contributed by atoms with van der Waals surface area (Å²) in [7, 11) is 1.36. The van der Waals surface area contributed by atoms with Crippen LogP contribution in [-0.4, -0.2) is 31.4 Å². The van der Waals surface area contributed by atoms with Crippen LogP contribution in [0, 0.1) is 5.92 Å². The lowest BCUT2D eigenvalue weighted by molar-refractivity contribution is -0.143. The first-order valence-electron chi connectivity index (χ1n) is 10.5. The van der Waals surface area contributed by atoms with Gasteiger partial charge in [-0.2, -0.15) is 0 Å². The number of hydrogen-bond acceptors (Lipinski definition) is 6. The van der Waals surface area contributed by atoms with Crippen molar-refractivity contribution in [1.29, 1.82) is 0 Å². The number of ketones is 1. The molecule has 0 amide bonds. The van der Waals surface area contributed by atoms with Gasteiger partial charge in [-0.05, 0) is 54.7 Å². The van der Waals surface area contributed by atoms with Gasteiger partial charge in [-0.1, -0.05) is 29.8 Å². The van der Waals surface area contributed by atoms with Crippen molar-refractivity contribution in [3.63, 3.8) is 0 Å². The van der Waals surface area contributed by atoms with E-state index in [-0.39, 0.29) is 18.5 Å². The van der Waals surface area contributed by atoms with E-state index in [1.165, 1.54) is 7.11 Å². The second kappa shape index (κ2) is 8.10. The van der Waals surface area contributed by atoms with Crippen molar-refractivity contribution in [2.24, 2.45) is 10.9 Å². The van der Waals surface area contributed by atoms with Crippen molar-refractivity contribution in [2.75, 3.05) is 13.9 Å². The number of ether oxygens (including phenoxy) is 3. The fourth-order valence-corrected chi connectivity index (χ4v) is 5.06. The average molecular weight is 452 g/mol. The number of rotatable bonds is 3. The van der Waals surface area contributed by atoms with Crippen LogP contribution in [0.4, 0.5) is 0 Å². The van der Waals surface area contributed by atoms with Gasteiger partial charge in [0.1, 0.15) is 5.92 Å². The third-order valence-corrected chi connectivity index (χ3v) is 6.69. The molecule has 0 radical (unpaired) electrons. The fourth-order valence-electron chi connectivity index (χ4n) is 4.93. The predicted octanol–water partition coefficient (Wildman–Crippen LogP) is 4.82. The summed E-state index contributed by atoms with van der Waals surface area (Å²) in [6, 6.07) is 13.1. The molecule has 0 saturated carbocycles. The van der Waals surface area contributed by atoms with Gasteiger partial charge in [-0.15, -0.1) is 0 Å². The summed E-state index contributed by atoms with van der Waals surface area (Å²) < 4.78 is 16.1. The van der Waals surface area contributed by atoms with Crippen LogP contribution in [0.5, 0.6) is 11.5 Å². The van der Waals surface area contributed by atoms with Crippen LogP contribution < -0.4 is 9.47 Å². The monoisotopic (exact) mass is 451 g/mol. The lowest BCUT2D eigenvalue weighted by Gasteiger charge is -2.36. The molecule has 0 spiro atoms. The highest BCUT2D eigenvalue weighted by molar-refractivity contribution is 6.30. The number of halogens is 1. The summed E-state index contributed by atoms with van der Waals surface area (Å²) in [5.74, 6) is -0.292. The SMILES string of the molecule is COC(=O)C1C(C)=NC2=C(C(=O)C[C@@H](c3ccc(Cl)cc3)C2)[C@@H]1c1ccc2c(c1)OCO2. The minimum absolute atomic E-state index is 0.000908. The van der Waals surface area contributed by atoms with Crippen LogP contribution in [0.15, 0.2) is 58.7 Å². The molecule has 1 unspecified atom stereocenters. The highest BCUT2D eigenvalue weighted by Crippen LogP contribution is 2.48. The molecule has 0 aromatic heterocycles. The van der Waals surface area contributed by atoms with Crippen LogP contribution in [0.1, 0.15) is 42.7 Å². The summed E-state index contributed by atoms with van der Waals surface area (Å²) in [6.07, 6.45) is 0.971. The van der Waals surface area contributed by atoms with Crippen LogP contribution in [0.3, 0.4) is 0 Å². The van der Waals surface area contributed by atoms with Crippen molar-refractivity contribution < 1.29 is 23.8 Å². The molecular weight excluding hydrogens is 430 g/mol. The van der Waals surface area contributed by atoms with Gasteiger partial charge < -0.3 is 14.2 Å². The van der Waals surface area contributed by atoms with Crippen molar-refractivity contribution in [2.45, 2.75) is 31.6 Å². The second-order valence-electron chi connectivity index (χ2n) is 8.28. The Bertz CT molecular complexity index is 1170. The molecule has 7 heteroatoms. The molecule has 2 aromatic carbocycles. The van der Waals surface area contributed by atoms with E-state index >= 15 is 0 Å². The number of carbonyl (C=O) groups excluding carboxylic acids is 2. The number of hydrogen-bond donors (Lipinski definition) is 0. The Labute approximate surface area is 190 Å². The van der Waals surface area contributed by atoms with E-state index < -0.39 is 17.8 Å². The number of allylic oxidation sites excluding steroid dienone is 2. The number of benzene rings is 2. The number of nitrogens with zero attached hydrogens (tertiary/aromatic N) is 1. The first-order valence-corrected chi connectivity index (χ1v) is 10.9. The lowest BCUT2D eigenvalue weighted by atomic mass is 9.69. The largest absolute Gasteiger partial charge is 0.468 e. The molecule has 3 aliphatic rings. The van der Waals surface area contributed by atoms with Gasteiger partial charge in [-0.3, -0.25) is 14.6 Å². The van der Waals surface area contributed by atoms with E-state index in [0.29, 0.717) is 40.6 Å². The lowest BCUT2D eigenvalue weighted by Crippen LogP contribution is -2.37. The average Bonchev–Trinajstić information content (AvgIpc) is 3.26. The summed E-state index contributed by atoms with van der Waals surface area (Å²) in [5, 5.41) is 0.658. The molecule has 0 bridgehead atoms. The van der Waals surface area contributed by atoms with Crippen molar-refractivity contribution in [1.82, 2.24) is 0 Å². The normalized spacial score (nSPS) is 24.2. The quantitative estimate of drug-likeness (QED) is 0.625. The maximum Gasteiger partial charge on any atom is 0.315 e. The van der Waals surface area contributed by atoms with E-state index in [9.17, 15) is 9.59 Å². The molecule has 0 saturated heterocycles. The molecule has 2 aliphatic heterocycles. The summed E-state index contributed by atoms with van der Waals surface area (Å²) >= 11 is 6.03. The topological polar surface area (TPSA) is 74.2 Å². The molecule has 5 rings (SSSR count). The van der Waals surface area contributed by atoms with Crippen molar-refractivity contribution in [3.8, 4) is 11.5 Å². The molecule has 6 nitrogen and oxygen atoms in total. The molecule has 3 atom stereocenters. The Balaban J connectivity index is 1.60. The zero-order valence-corrected chi connectivity index (χ0v) is 18.5. The molecule has 0 fully saturated rings. The van der Waals surface area contributed by atoms with E-state index in [1.54, 1.807) is 0 Å². The number of aliphatic imine (C=N–C) groups is 1. The third-order valence-electron chi connectivity index (χ3n) is 6.44. The molecule has 1 aliphatic carbocycles. The van der Waals surface area contributed by atoms with Gasteiger partial charge in [0.2, 0.25) is 6.79 Å². The van der Waals surface area contributed by atoms with Gasteiger partial charge in [0.05, 0.1) is 7.11 Å². The summed E-state index contributed by atoms with van der Waals surface area (Å²) in [6.45, 7) is 1.97. The van der Waals surface area contributed by atoms with Gasteiger partial charge in [0.25, 0.3) is 0 Å². The van der Waals surface area contributed by atoms with E-state index in [1.807, 2.05) is 49.4 Å². The predicted molar refractivity (Wildman–Crippen MR) is 119 cm³/mol. The Morgan fingerprint density at radius 3 is 2.53 bits per heavy atom. The molecule has 0 N–H and O–H groups in total. The highest BCUT2D eigenvalue weighted by Gasteiger charge is 2.45. The Morgan fingerprint density at radius 1 is 1.06 bits per heavy atom. The number of esters is 1. The van der Waals surface area contributed by atoms with Gasteiger partial charge in [0.15, 0.2) is 17.3 Å². The number of carbonyl (C=O) groups is 2. The van der Waals surface area contributed by atoms with E-state index in [4.69, 9.17) is 30.8 Å². The van der Waals surface area contributed by atoms with Gasteiger partial charge in [0, 0.05) is 34.3 Å². The molecular formula is C25H22ClNO5. The first-order chi connectivity index (χ1) is 15.5. The number of Topliss-reactive ketones (excluding diaryl/α,β-unsaturated/α-hetero) is 1. The van der Waals surface area contributed by atoms with E-state index in [0.717, 1.165) is 16.8 Å². The smallest absolute Gasteiger partial charge is 0.315 e. The van der Waals surface area contributed by atoms with Gasteiger partial charge >= 0.3 is 5.97 Å². The molecule has 164 valence electrons. The van der Waals surface area contributed by atoms with Crippen molar-refractivity contribution in [3.05, 3.63) is 69.9 Å². The Hall–Kier alpha value is -3.12. The third kappa shape index (κ3) is 3.48. The fraction of sp³-hybridized carbons (Fsp3) is 0.320. The van der Waals surface area contributed by atoms with Crippen LogP contribution in [-0.2, 0) is 14.3 Å². The Kier molecular flexibility index (Phi) is 5.25. The van der Waals surface area contributed by atoms with E-state index in [2.05, 4.69) is 0 Å². The minimum atomic E-state index is -0.671. The first kappa shape index (κ1) is 20.8. The van der Waals surface area contributed by atoms with Crippen LogP contribution >= 0.6 is 11.6 Å². The summed E-state index contributed by atoms with van der Waals surface area (Å²) in [5.41, 5.74) is 3.83. The molecule has 2 heterocycles. The summed E-state index contributed by atoms with van der Waals surface area (Å²) in [4.78, 5) is 31.0. The zero-order chi connectivity index (χ0) is 22.4. The Morgan fingerprint density at radius 2 is 1.78 bits per heavy atom. The molecule has 32 heavy (non-hydrogen) atoms. The molecule has 2 aromatic rings. The zero-order valence-electron chi connectivity index (χ0n) is 17.8. The van der Waals surface area contributed by atoms with Crippen LogP contribution in [0.2, 0.25) is 5.02 Å². The maximum absolute atomic E-state index is 13.5. The highest BCUT2D eigenvalue weighted by atomic mass is 35.5. The standard InChI is InChI=1S/C25H22ClNO5/c1-13-22(25(29)30-2)23(15-5-8-20-21(11-15)32-12-31-20)24-18(27-13)9-16(10-19(24)28)14-3-6-17(26)7-4-14/h3-8,11,16,22-23H,9-10,12H2,1-2H3/t16-,22?,23+/m0/s1. The minimum Gasteiger partial charge on any atom is -0.468 e.